The second-order valence-electron chi connectivity index (χ2n) is 4.62. The van der Waals surface area contributed by atoms with E-state index in [2.05, 4.69) is 5.32 Å². The van der Waals surface area contributed by atoms with Crippen molar-refractivity contribution in [2.45, 2.75) is 31.8 Å². The van der Waals surface area contributed by atoms with Crippen LogP contribution in [-0.4, -0.2) is 47.6 Å². The average molecular weight is 226 g/mol. The Kier molecular flexibility index (Phi) is 3.43. The van der Waals surface area contributed by atoms with Crippen LogP contribution in [0.5, 0.6) is 0 Å². The molecule has 0 spiro atoms. The van der Waals surface area contributed by atoms with Gasteiger partial charge in [-0.3, -0.25) is 9.59 Å². The number of aliphatic hydroxyl groups excluding tert-OH is 1. The first-order chi connectivity index (χ1) is 7.66. The first-order valence-corrected chi connectivity index (χ1v) is 5.90. The van der Waals surface area contributed by atoms with Gasteiger partial charge in [-0.05, 0) is 19.3 Å². The Morgan fingerprint density at radius 3 is 2.88 bits per heavy atom. The first kappa shape index (κ1) is 11.4. The summed E-state index contributed by atoms with van der Waals surface area (Å²) in [5.41, 5.74) is 0. The van der Waals surface area contributed by atoms with Crippen LogP contribution >= 0.6 is 0 Å². The fraction of sp³-hybridized carbons (Fsp3) is 0.818. The van der Waals surface area contributed by atoms with Gasteiger partial charge in [-0.1, -0.05) is 0 Å². The Morgan fingerprint density at radius 1 is 1.44 bits per heavy atom. The zero-order valence-corrected chi connectivity index (χ0v) is 9.32. The Bertz CT molecular complexity index is 283. The van der Waals surface area contributed by atoms with E-state index in [1.54, 1.807) is 4.90 Å². The fourth-order valence-electron chi connectivity index (χ4n) is 2.36. The molecule has 0 aromatic rings. The lowest BCUT2D eigenvalue weighted by Gasteiger charge is -2.34. The number of nitrogens with one attached hydrogen (secondary N) is 1. The molecule has 5 heteroatoms. The van der Waals surface area contributed by atoms with E-state index in [1.165, 1.54) is 0 Å². The molecule has 2 amide bonds. The number of β-amino-alcohol motifs (C(OH)–C–C–N with tert-alkyl or cyclic N) is 1. The minimum Gasteiger partial charge on any atom is -0.391 e. The number of piperidine rings is 2. The van der Waals surface area contributed by atoms with E-state index in [0.29, 0.717) is 25.9 Å². The Morgan fingerprint density at radius 2 is 2.25 bits per heavy atom. The molecule has 2 rings (SSSR count). The number of aliphatic hydroxyl groups is 1. The summed E-state index contributed by atoms with van der Waals surface area (Å²) in [6.07, 6.45) is 2.34. The quantitative estimate of drug-likeness (QED) is 0.633. The third-order valence-electron chi connectivity index (χ3n) is 3.32. The molecule has 2 fully saturated rings. The highest BCUT2D eigenvalue weighted by molar-refractivity contribution is 5.83. The zero-order valence-electron chi connectivity index (χ0n) is 9.32. The number of amides is 2. The van der Waals surface area contributed by atoms with Crippen LogP contribution in [0.1, 0.15) is 25.7 Å². The molecule has 90 valence electrons. The van der Waals surface area contributed by atoms with Gasteiger partial charge < -0.3 is 15.3 Å². The summed E-state index contributed by atoms with van der Waals surface area (Å²) >= 11 is 0. The smallest absolute Gasteiger partial charge is 0.227 e. The fourth-order valence-corrected chi connectivity index (χ4v) is 2.36. The van der Waals surface area contributed by atoms with Crippen LogP contribution in [0.25, 0.3) is 0 Å². The number of carbonyl (C=O) groups excluding carboxylic acids is 2. The molecule has 1 unspecified atom stereocenters. The second kappa shape index (κ2) is 4.82. The molecule has 2 saturated heterocycles. The van der Waals surface area contributed by atoms with Gasteiger partial charge in [0.1, 0.15) is 0 Å². The summed E-state index contributed by atoms with van der Waals surface area (Å²) in [6, 6.07) is 0. The van der Waals surface area contributed by atoms with Gasteiger partial charge in [-0.25, -0.2) is 0 Å². The SMILES string of the molecule is O=C1CCC(C(=O)N2CCC[C@H](O)C2)CN1. The largest absolute Gasteiger partial charge is 0.391 e. The van der Waals surface area contributed by atoms with Crippen molar-refractivity contribution in [2.75, 3.05) is 19.6 Å². The Hall–Kier alpha value is -1.10. The minimum atomic E-state index is -0.379. The lowest BCUT2D eigenvalue weighted by Crippen LogP contribution is -2.49. The molecule has 2 atom stereocenters. The lowest BCUT2D eigenvalue weighted by molar-refractivity contribution is -0.140. The van der Waals surface area contributed by atoms with Crippen LogP contribution in [0.3, 0.4) is 0 Å². The van der Waals surface area contributed by atoms with Gasteiger partial charge in [0.15, 0.2) is 0 Å². The van der Waals surface area contributed by atoms with Gasteiger partial charge >= 0.3 is 0 Å². The molecule has 0 aromatic heterocycles. The molecule has 0 bridgehead atoms. The summed E-state index contributed by atoms with van der Waals surface area (Å²) < 4.78 is 0. The number of hydrogen-bond donors (Lipinski definition) is 2. The van der Waals surface area contributed by atoms with Gasteiger partial charge in [0.2, 0.25) is 11.8 Å². The Labute approximate surface area is 94.8 Å². The highest BCUT2D eigenvalue weighted by Crippen LogP contribution is 2.17. The molecule has 0 aliphatic carbocycles. The third kappa shape index (κ3) is 2.52. The molecule has 2 heterocycles. The summed E-state index contributed by atoms with van der Waals surface area (Å²) in [6.45, 7) is 1.63. The molecule has 0 saturated carbocycles. The molecule has 5 nitrogen and oxygen atoms in total. The van der Waals surface area contributed by atoms with Crippen LogP contribution in [0, 0.1) is 5.92 Å². The van der Waals surface area contributed by atoms with Crippen LogP contribution < -0.4 is 5.32 Å². The number of likely N-dealkylation sites (tertiary alicyclic amines) is 1. The van der Waals surface area contributed by atoms with Crippen molar-refractivity contribution in [3.8, 4) is 0 Å². The van der Waals surface area contributed by atoms with E-state index < -0.39 is 0 Å². The average Bonchev–Trinajstić information content (AvgIpc) is 2.29. The molecule has 0 aromatic carbocycles. The predicted molar refractivity (Wildman–Crippen MR) is 57.6 cm³/mol. The van der Waals surface area contributed by atoms with Crippen molar-refractivity contribution in [1.29, 1.82) is 0 Å². The number of nitrogens with zero attached hydrogens (tertiary/aromatic N) is 1. The highest BCUT2D eigenvalue weighted by Gasteiger charge is 2.30. The van der Waals surface area contributed by atoms with E-state index in [1.807, 2.05) is 0 Å². The minimum absolute atomic E-state index is 0.0303. The molecular formula is C11H18N2O3. The number of carbonyl (C=O) groups is 2. The maximum atomic E-state index is 12.1. The van der Waals surface area contributed by atoms with Crippen molar-refractivity contribution in [3.63, 3.8) is 0 Å². The van der Waals surface area contributed by atoms with Gasteiger partial charge in [0.25, 0.3) is 0 Å². The van der Waals surface area contributed by atoms with Crippen LogP contribution in [0.2, 0.25) is 0 Å². The van der Waals surface area contributed by atoms with E-state index in [9.17, 15) is 14.7 Å². The molecule has 0 radical (unpaired) electrons. The van der Waals surface area contributed by atoms with Crippen LogP contribution in [0.15, 0.2) is 0 Å². The molecular weight excluding hydrogens is 208 g/mol. The van der Waals surface area contributed by atoms with Gasteiger partial charge in [-0.15, -0.1) is 0 Å². The van der Waals surface area contributed by atoms with Crippen LogP contribution in [0.4, 0.5) is 0 Å². The highest BCUT2D eigenvalue weighted by atomic mass is 16.3. The zero-order chi connectivity index (χ0) is 11.5. The third-order valence-corrected chi connectivity index (χ3v) is 3.32. The summed E-state index contributed by atoms with van der Waals surface area (Å²) in [5, 5.41) is 12.2. The first-order valence-electron chi connectivity index (χ1n) is 5.90. The van der Waals surface area contributed by atoms with E-state index in [-0.39, 0.29) is 23.8 Å². The van der Waals surface area contributed by atoms with Gasteiger partial charge in [0.05, 0.1) is 12.0 Å². The number of hydrogen-bond acceptors (Lipinski definition) is 3. The van der Waals surface area contributed by atoms with Crippen LogP contribution in [-0.2, 0) is 9.59 Å². The van der Waals surface area contributed by atoms with Crippen molar-refractivity contribution < 1.29 is 14.7 Å². The van der Waals surface area contributed by atoms with Gasteiger partial charge in [0, 0.05) is 26.1 Å². The maximum Gasteiger partial charge on any atom is 0.227 e. The molecule has 2 aliphatic rings. The topological polar surface area (TPSA) is 69.6 Å². The molecule has 2 N–H and O–H groups in total. The second-order valence-corrected chi connectivity index (χ2v) is 4.62. The van der Waals surface area contributed by atoms with Gasteiger partial charge in [-0.2, -0.15) is 0 Å². The van der Waals surface area contributed by atoms with E-state index in [4.69, 9.17) is 0 Å². The predicted octanol–water partition coefficient (Wildman–Crippen LogP) is -0.504. The summed E-state index contributed by atoms with van der Waals surface area (Å²) in [5.74, 6) is 0.0180. The van der Waals surface area contributed by atoms with E-state index in [0.717, 1.165) is 19.4 Å². The number of rotatable bonds is 1. The molecule has 16 heavy (non-hydrogen) atoms. The van der Waals surface area contributed by atoms with Crippen molar-refractivity contribution in [1.82, 2.24) is 10.2 Å². The monoisotopic (exact) mass is 226 g/mol. The van der Waals surface area contributed by atoms with E-state index >= 15 is 0 Å². The Balaban J connectivity index is 1.89. The van der Waals surface area contributed by atoms with Crippen molar-refractivity contribution >= 4 is 11.8 Å². The normalized spacial score (nSPS) is 31.1. The molecule has 2 aliphatic heterocycles. The lowest BCUT2D eigenvalue weighted by atomic mass is 9.96. The maximum absolute atomic E-state index is 12.1. The van der Waals surface area contributed by atoms with Crippen molar-refractivity contribution in [3.05, 3.63) is 0 Å². The standard InChI is InChI=1S/C11H18N2O3/c14-9-2-1-5-13(7-9)11(16)8-3-4-10(15)12-6-8/h8-9,14H,1-7H2,(H,12,15)/t8?,9-/m0/s1. The summed E-state index contributed by atoms with van der Waals surface area (Å²) in [7, 11) is 0. The van der Waals surface area contributed by atoms with Crippen molar-refractivity contribution in [2.24, 2.45) is 5.92 Å². The summed E-state index contributed by atoms with van der Waals surface area (Å²) in [4.78, 5) is 24.8.